The van der Waals surface area contributed by atoms with E-state index in [1.54, 1.807) is 12.1 Å². The Balaban J connectivity index is 2.87. The molecular formula is C11H15ClO. The lowest BCUT2D eigenvalue weighted by Crippen LogP contribution is -2.20. The maximum atomic E-state index is 10.0. The van der Waals surface area contributed by atoms with Gasteiger partial charge in [-0.05, 0) is 31.0 Å². The molecule has 13 heavy (non-hydrogen) atoms. The summed E-state index contributed by atoms with van der Waals surface area (Å²) in [6, 6.07) is 7.36. The zero-order valence-electron chi connectivity index (χ0n) is 8.05. The second-order valence-corrected chi connectivity index (χ2v) is 3.97. The van der Waals surface area contributed by atoms with Gasteiger partial charge in [0, 0.05) is 5.02 Å². The summed E-state index contributed by atoms with van der Waals surface area (Å²) in [4.78, 5) is 0. The lowest BCUT2D eigenvalue weighted by atomic mass is 9.92. The van der Waals surface area contributed by atoms with Crippen molar-refractivity contribution >= 4 is 11.6 Å². The van der Waals surface area contributed by atoms with Crippen LogP contribution in [0.4, 0.5) is 0 Å². The first kappa shape index (κ1) is 10.6. The lowest BCUT2D eigenvalue weighted by molar-refractivity contribution is 0.0470. The minimum atomic E-state index is -0.723. The molecule has 0 radical (unpaired) electrons. The van der Waals surface area contributed by atoms with Gasteiger partial charge in [-0.1, -0.05) is 37.1 Å². The lowest BCUT2D eigenvalue weighted by Gasteiger charge is -2.23. The second-order valence-electron chi connectivity index (χ2n) is 3.53. The van der Waals surface area contributed by atoms with Crippen molar-refractivity contribution in [1.29, 1.82) is 0 Å². The van der Waals surface area contributed by atoms with Crippen molar-refractivity contribution in [1.82, 2.24) is 0 Å². The molecule has 0 aliphatic heterocycles. The van der Waals surface area contributed by atoms with Crippen LogP contribution in [-0.2, 0) is 5.60 Å². The van der Waals surface area contributed by atoms with Gasteiger partial charge in [0.2, 0.25) is 0 Å². The summed E-state index contributed by atoms with van der Waals surface area (Å²) in [5.74, 6) is 0. The first-order chi connectivity index (χ1) is 6.06. The predicted molar refractivity (Wildman–Crippen MR) is 55.9 cm³/mol. The Kier molecular flexibility index (Phi) is 3.34. The van der Waals surface area contributed by atoms with Gasteiger partial charge in [-0.15, -0.1) is 0 Å². The molecule has 0 fully saturated rings. The molecule has 0 saturated carbocycles. The molecule has 0 bridgehead atoms. The molecule has 2 heteroatoms. The summed E-state index contributed by atoms with van der Waals surface area (Å²) in [7, 11) is 0. The molecule has 1 atom stereocenters. The zero-order valence-corrected chi connectivity index (χ0v) is 8.80. The van der Waals surface area contributed by atoms with E-state index < -0.39 is 5.60 Å². The van der Waals surface area contributed by atoms with Gasteiger partial charge in [-0.2, -0.15) is 0 Å². The number of rotatable bonds is 3. The molecule has 0 aliphatic carbocycles. The molecule has 0 heterocycles. The van der Waals surface area contributed by atoms with Crippen molar-refractivity contribution in [2.75, 3.05) is 0 Å². The number of hydrogen-bond donors (Lipinski definition) is 1. The minimum absolute atomic E-state index is 0.705. The largest absolute Gasteiger partial charge is 0.385 e. The predicted octanol–water partition coefficient (Wildman–Crippen LogP) is 3.35. The molecule has 1 aromatic carbocycles. The van der Waals surface area contributed by atoms with E-state index in [4.69, 9.17) is 11.6 Å². The summed E-state index contributed by atoms with van der Waals surface area (Å²) in [5.41, 5.74) is 0.207. The summed E-state index contributed by atoms with van der Waals surface area (Å²) >= 11 is 5.76. The quantitative estimate of drug-likeness (QED) is 0.790. The van der Waals surface area contributed by atoms with Crippen LogP contribution >= 0.6 is 11.6 Å². The Hall–Kier alpha value is -0.530. The molecule has 1 N–H and O–H groups in total. The smallest absolute Gasteiger partial charge is 0.0868 e. The first-order valence-corrected chi connectivity index (χ1v) is 4.92. The average molecular weight is 199 g/mol. The third kappa shape index (κ3) is 2.71. The van der Waals surface area contributed by atoms with Crippen molar-refractivity contribution in [2.45, 2.75) is 32.3 Å². The standard InChI is InChI=1S/C11H15ClO/c1-3-8-11(2,13)9-4-6-10(12)7-5-9/h4-7,13H,3,8H2,1-2H3/t11-/m1/s1. The van der Waals surface area contributed by atoms with Crippen LogP contribution in [0.2, 0.25) is 5.02 Å². The number of benzene rings is 1. The van der Waals surface area contributed by atoms with Gasteiger partial charge in [0.05, 0.1) is 5.60 Å². The third-order valence-electron chi connectivity index (χ3n) is 2.20. The van der Waals surface area contributed by atoms with E-state index in [1.807, 2.05) is 19.1 Å². The van der Waals surface area contributed by atoms with E-state index in [1.165, 1.54) is 0 Å². The maximum Gasteiger partial charge on any atom is 0.0868 e. The van der Waals surface area contributed by atoms with E-state index in [0.29, 0.717) is 5.02 Å². The van der Waals surface area contributed by atoms with Crippen LogP contribution in [0.1, 0.15) is 32.3 Å². The minimum Gasteiger partial charge on any atom is -0.385 e. The monoisotopic (exact) mass is 198 g/mol. The molecule has 1 aromatic rings. The van der Waals surface area contributed by atoms with Gasteiger partial charge in [0.15, 0.2) is 0 Å². The van der Waals surface area contributed by atoms with Gasteiger partial charge in [-0.25, -0.2) is 0 Å². The highest BCUT2D eigenvalue weighted by Gasteiger charge is 2.20. The summed E-state index contributed by atoms with van der Waals surface area (Å²) in [6.07, 6.45) is 1.74. The molecular weight excluding hydrogens is 184 g/mol. The Morgan fingerprint density at radius 1 is 1.31 bits per heavy atom. The fourth-order valence-electron chi connectivity index (χ4n) is 1.44. The highest BCUT2D eigenvalue weighted by molar-refractivity contribution is 6.30. The fraction of sp³-hybridized carbons (Fsp3) is 0.455. The maximum absolute atomic E-state index is 10.0. The molecule has 0 unspecified atom stereocenters. The topological polar surface area (TPSA) is 20.2 Å². The van der Waals surface area contributed by atoms with Gasteiger partial charge in [0.25, 0.3) is 0 Å². The first-order valence-electron chi connectivity index (χ1n) is 4.54. The van der Waals surface area contributed by atoms with Crippen LogP contribution in [0.5, 0.6) is 0 Å². The Labute approximate surface area is 84.4 Å². The van der Waals surface area contributed by atoms with Crippen molar-refractivity contribution < 1.29 is 5.11 Å². The highest BCUT2D eigenvalue weighted by atomic mass is 35.5. The summed E-state index contributed by atoms with van der Waals surface area (Å²) in [5, 5.41) is 10.7. The van der Waals surface area contributed by atoms with Crippen LogP contribution in [0.15, 0.2) is 24.3 Å². The van der Waals surface area contributed by atoms with Crippen LogP contribution in [-0.4, -0.2) is 5.11 Å². The highest BCUT2D eigenvalue weighted by Crippen LogP contribution is 2.26. The van der Waals surface area contributed by atoms with Crippen LogP contribution < -0.4 is 0 Å². The van der Waals surface area contributed by atoms with Crippen molar-refractivity contribution in [3.05, 3.63) is 34.9 Å². The summed E-state index contributed by atoms with van der Waals surface area (Å²) in [6.45, 7) is 3.89. The Morgan fingerprint density at radius 2 is 1.85 bits per heavy atom. The van der Waals surface area contributed by atoms with Crippen molar-refractivity contribution in [2.24, 2.45) is 0 Å². The molecule has 0 amide bonds. The Bertz CT molecular complexity index is 264. The van der Waals surface area contributed by atoms with Crippen LogP contribution in [0.3, 0.4) is 0 Å². The van der Waals surface area contributed by atoms with E-state index in [2.05, 4.69) is 6.92 Å². The SMILES string of the molecule is CCC[C@@](C)(O)c1ccc(Cl)cc1. The second kappa shape index (κ2) is 4.12. The van der Waals surface area contributed by atoms with E-state index >= 15 is 0 Å². The van der Waals surface area contributed by atoms with Crippen LogP contribution in [0.25, 0.3) is 0 Å². The normalized spacial score (nSPS) is 15.4. The molecule has 0 spiro atoms. The molecule has 0 aliphatic rings. The van der Waals surface area contributed by atoms with Crippen LogP contribution in [0, 0.1) is 0 Å². The van der Waals surface area contributed by atoms with E-state index in [0.717, 1.165) is 18.4 Å². The van der Waals surface area contributed by atoms with Gasteiger partial charge in [0.1, 0.15) is 0 Å². The number of aliphatic hydroxyl groups is 1. The molecule has 72 valence electrons. The molecule has 0 saturated heterocycles. The van der Waals surface area contributed by atoms with Gasteiger partial charge < -0.3 is 5.11 Å². The zero-order chi connectivity index (χ0) is 9.90. The molecule has 1 nitrogen and oxygen atoms in total. The fourth-order valence-corrected chi connectivity index (χ4v) is 1.57. The van der Waals surface area contributed by atoms with Gasteiger partial charge in [-0.3, -0.25) is 0 Å². The van der Waals surface area contributed by atoms with Crippen molar-refractivity contribution in [3.8, 4) is 0 Å². The molecule has 1 rings (SSSR count). The number of halogens is 1. The summed E-state index contributed by atoms with van der Waals surface area (Å²) < 4.78 is 0. The van der Waals surface area contributed by atoms with Crippen molar-refractivity contribution in [3.63, 3.8) is 0 Å². The van der Waals surface area contributed by atoms with Gasteiger partial charge >= 0.3 is 0 Å². The molecule has 0 aromatic heterocycles. The van der Waals surface area contributed by atoms with E-state index in [9.17, 15) is 5.11 Å². The van der Waals surface area contributed by atoms with E-state index in [-0.39, 0.29) is 0 Å². The number of hydrogen-bond acceptors (Lipinski definition) is 1. The third-order valence-corrected chi connectivity index (χ3v) is 2.45. The average Bonchev–Trinajstić information content (AvgIpc) is 2.05. The Morgan fingerprint density at radius 3 is 2.31 bits per heavy atom.